The second-order valence-electron chi connectivity index (χ2n) is 4.02. The molecule has 1 heterocycles. The standard InChI is InChI=1S/C12H17ClN2/c13-10-3-5-12(6-4-10)15-9-7-11-2-1-8-14-11/h3-6,11,14-15H,1-2,7-9H2. The normalized spacial score (nSPS) is 20.5. The maximum Gasteiger partial charge on any atom is 0.0407 e. The van der Waals surface area contributed by atoms with Gasteiger partial charge in [0.15, 0.2) is 0 Å². The number of rotatable bonds is 4. The smallest absolute Gasteiger partial charge is 0.0407 e. The van der Waals surface area contributed by atoms with Crippen LogP contribution in [-0.4, -0.2) is 19.1 Å². The van der Waals surface area contributed by atoms with Crippen LogP contribution in [0.4, 0.5) is 5.69 Å². The third kappa shape index (κ3) is 3.40. The zero-order valence-electron chi connectivity index (χ0n) is 8.80. The zero-order valence-corrected chi connectivity index (χ0v) is 9.56. The predicted molar refractivity (Wildman–Crippen MR) is 65.6 cm³/mol. The summed E-state index contributed by atoms with van der Waals surface area (Å²) >= 11 is 5.81. The third-order valence-corrected chi connectivity index (χ3v) is 3.08. The van der Waals surface area contributed by atoms with Crippen LogP contribution >= 0.6 is 11.6 Å². The Morgan fingerprint density at radius 3 is 2.80 bits per heavy atom. The van der Waals surface area contributed by atoms with Crippen molar-refractivity contribution in [3.05, 3.63) is 29.3 Å². The van der Waals surface area contributed by atoms with Crippen molar-refractivity contribution in [3.8, 4) is 0 Å². The summed E-state index contributed by atoms with van der Waals surface area (Å²) in [6, 6.07) is 8.58. The predicted octanol–water partition coefficient (Wildman–Crippen LogP) is 2.89. The van der Waals surface area contributed by atoms with E-state index in [1.54, 1.807) is 0 Å². The fraction of sp³-hybridized carbons (Fsp3) is 0.500. The molecule has 0 aliphatic carbocycles. The van der Waals surface area contributed by atoms with Crippen LogP contribution in [0, 0.1) is 0 Å². The van der Waals surface area contributed by atoms with Gasteiger partial charge >= 0.3 is 0 Å². The average Bonchev–Trinajstić information content (AvgIpc) is 2.74. The van der Waals surface area contributed by atoms with E-state index in [1.165, 1.54) is 25.8 Å². The first-order chi connectivity index (χ1) is 7.34. The van der Waals surface area contributed by atoms with E-state index in [4.69, 9.17) is 11.6 Å². The molecule has 1 atom stereocenters. The third-order valence-electron chi connectivity index (χ3n) is 2.83. The van der Waals surface area contributed by atoms with Gasteiger partial charge in [0.25, 0.3) is 0 Å². The van der Waals surface area contributed by atoms with E-state index in [0.29, 0.717) is 6.04 Å². The van der Waals surface area contributed by atoms with Gasteiger partial charge in [-0.15, -0.1) is 0 Å². The molecule has 1 unspecified atom stereocenters. The van der Waals surface area contributed by atoms with Crippen LogP contribution in [0.2, 0.25) is 5.02 Å². The summed E-state index contributed by atoms with van der Waals surface area (Å²) in [4.78, 5) is 0. The Balaban J connectivity index is 1.71. The molecule has 0 radical (unpaired) electrons. The molecule has 3 heteroatoms. The summed E-state index contributed by atoms with van der Waals surface area (Å²) in [7, 11) is 0. The maximum atomic E-state index is 5.81. The van der Waals surface area contributed by atoms with Crippen LogP contribution in [-0.2, 0) is 0 Å². The summed E-state index contributed by atoms with van der Waals surface area (Å²) in [5.74, 6) is 0. The molecule has 82 valence electrons. The highest BCUT2D eigenvalue weighted by molar-refractivity contribution is 6.30. The molecule has 1 aromatic rings. The monoisotopic (exact) mass is 224 g/mol. The minimum absolute atomic E-state index is 0.713. The molecule has 0 bridgehead atoms. The van der Waals surface area contributed by atoms with Crippen LogP contribution in [0.3, 0.4) is 0 Å². The Morgan fingerprint density at radius 2 is 2.13 bits per heavy atom. The van der Waals surface area contributed by atoms with Gasteiger partial charge in [0.2, 0.25) is 0 Å². The highest BCUT2D eigenvalue weighted by Crippen LogP contribution is 2.14. The summed E-state index contributed by atoms with van der Waals surface area (Å²) in [6.07, 6.45) is 3.84. The Morgan fingerprint density at radius 1 is 1.33 bits per heavy atom. The van der Waals surface area contributed by atoms with Gasteiger partial charge < -0.3 is 10.6 Å². The Kier molecular flexibility index (Phi) is 3.87. The van der Waals surface area contributed by atoms with Gasteiger partial charge in [-0.2, -0.15) is 0 Å². The summed E-state index contributed by atoms with van der Waals surface area (Å²) < 4.78 is 0. The largest absolute Gasteiger partial charge is 0.385 e. The minimum Gasteiger partial charge on any atom is -0.385 e. The van der Waals surface area contributed by atoms with Crippen LogP contribution in [0.1, 0.15) is 19.3 Å². The minimum atomic E-state index is 0.713. The molecule has 0 spiro atoms. The summed E-state index contributed by atoms with van der Waals surface area (Å²) in [5.41, 5.74) is 1.15. The van der Waals surface area contributed by atoms with Crippen molar-refractivity contribution in [1.29, 1.82) is 0 Å². The molecule has 1 fully saturated rings. The lowest BCUT2D eigenvalue weighted by Gasteiger charge is -2.11. The molecule has 1 saturated heterocycles. The second kappa shape index (κ2) is 5.38. The fourth-order valence-electron chi connectivity index (χ4n) is 1.96. The molecule has 2 nitrogen and oxygen atoms in total. The number of hydrogen-bond donors (Lipinski definition) is 2. The van der Waals surface area contributed by atoms with Gasteiger partial charge in [-0.25, -0.2) is 0 Å². The van der Waals surface area contributed by atoms with Crippen LogP contribution in [0.25, 0.3) is 0 Å². The van der Waals surface area contributed by atoms with E-state index in [-0.39, 0.29) is 0 Å². The molecule has 1 aromatic carbocycles. The number of nitrogens with one attached hydrogen (secondary N) is 2. The molecule has 2 N–H and O–H groups in total. The number of hydrogen-bond acceptors (Lipinski definition) is 2. The highest BCUT2D eigenvalue weighted by Gasteiger charge is 2.12. The molecule has 0 amide bonds. The van der Waals surface area contributed by atoms with Crippen molar-refractivity contribution in [2.75, 3.05) is 18.4 Å². The Bertz CT molecular complexity index is 291. The summed E-state index contributed by atoms with van der Waals surface area (Å²) in [6.45, 7) is 2.21. The first-order valence-electron chi connectivity index (χ1n) is 5.57. The first kappa shape index (κ1) is 10.8. The van der Waals surface area contributed by atoms with Gasteiger partial charge in [0, 0.05) is 23.3 Å². The maximum absolute atomic E-state index is 5.81. The van der Waals surface area contributed by atoms with Crippen molar-refractivity contribution in [2.24, 2.45) is 0 Å². The molecule has 1 aliphatic rings. The van der Waals surface area contributed by atoms with E-state index in [9.17, 15) is 0 Å². The molecular weight excluding hydrogens is 208 g/mol. The Labute approximate surface area is 96.0 Å². The van der Waals surface area contributed by atoms with Gasteiger partial charge in [0.1, 0.15) is 0 Å². The van der Waals surface area contributed by atoms with Gasteiger partial charge in [-0.05, 0) is 50.1 Å². The van der Waals surface area contributed by atoms with Gasteiger partial charge in [-0.3, -0.25) is 0 Å². The lowest BCUT2D eigenvalue weighted by Crippen LogP contribution is -2.24. The SMILES string of the molecule is Clc1ccc(NCCC2CCCN2)cc1. The van der Waals surface area contributed by atoms with Crippen molar-refractivity contribution in [3.63, 3.8) is 0 Å². The second-order valence-corrected chi connectivity index (χ2v) is 4.45. The quantitative estimate of drug-likeness (QED) is 0.822. The van der Waals surface area contributed by atoms with Gasteiger partial charge in [-0.1, -0.05) is 11.6 Å². The lowest BCUT2D eigenvalue weighted by atomic mass is 10.1. The molecular formula is C12H17ClN2. The van der Waals surface area contributed by atoms with Crippen molar-refractivity contribution in [1.82, 2.24) is 5.32 Å². The lowest BCUT2D eigenvalue weighted by molar-refractivity contribution is 0.574. The molecule has 0 aromatic heterocycles. The summed E-state index contributed by atoms with van der Waals surface area (Å²) in [5, 5.41) is 7.68. The average molecular weight is 225 g/mol. The highest BCUT2D eigenvalue weighted by atomic mass is 35.5. The van der Waals surface area contributed by atoms with Crippen molar-refractivity contribution in [2.45, 2.75) is 25.3 Å². The van der Waals surface area contributed by atoms with Crippen LogP contribution in [0.5, 0.6) is 0 Å². The van der Waals surface area contributed by atoms with E-state index in [2.05, 4.69) is 10.6 Å². The molecule has 0 saturated carbocycles. The van der Waals surface area contributed by atoms with Crippen molar-refractivity contribution >= 4 is 17.3 Å². The fourth-order valence-corrected chi connectivity index (χ4v) is 2.09. The molecule has 2 rings (SSSR count). The number of benzene rings is 1. The van der Waals surface area contributed by atoms with Crippen LogP contribution < -0.4 is 10.6 Å². The van der Waals surface area contributed by atoms with E-state index >= 15 is 0 Å². The van der Waals surface area contributed by atoms with E-state index in [0.717, 1.165) is 17.3 Å². The van der Waals surface area contributed by atoms with E-state index < -0.39 is 0 Å². The van der Waals surface area contributed by atoms with Crippen LogP contribution in [0.15, 0.2) is 24.3 Å². The molecule has 15 heavy (non-hydrogen) atoms. The van der Waals surface area contributed by atoms with E-state index in [1.807, 2.05) is 24.3 Å². The van der Waals surface area contributed by atoms with Crippen molar-refractivity contribution < 1.29 is 0 Å². The Hall–Kier alpha value is -0.730. The number of anilines is 1. The zero-order chi connectivity index (χ0) is 10.5. The first-order valence-corrected chi connectivity index (χ1v) is 5.95. The topological polar surface area (TPSA) is 24.1 Å². The molecule has 1 aliphatic heterocycles. The van der Waals surface area contributed by atoms with Gasteiger partial charge in [0.05, 0.1) is 0 Å². The number of halogens is 1.